The lowest BCUT2D eigenvalue weighted by Crippen LogP contribution is -2.46. The van der Waals surface area contributed by atoms with Crippen molar-refractivity contribution in [2.45, 2.75) is 43.4 Å². The summed E-state index contributed by atoms with van der Waals surface area (Å²) < 4.78 is 83.7. The fourth-order valence-electron chi connectivity index (χ4n) is 11.7. The van der Waals surface area contributed by atoms with Crippen LogP contribution in [-0.4, -0.2) is 46.3 Å². The number of ketones is 3. The van der Waals surface area contributed by atoms with Gasteiger partial charge in [0.1, 0.15) is 32.5 Å². The molecule has 4 heterocycles. The monoisotopic (exact) mass is 1250 g/mol. The summed E-state index contributed by atoms with van der Waals surface area (Å²) in [7, 11) is 0. The van der Waals surface area contributed by atoms with Gasteiger partial charge in [0.05, 0.1) is 34.5 Å². The number of benzene rings is 6. The summed E-state index contributed by atoms with van der Waals surface area (Å²) in [5, 5.41) is 11.5. The zero-order valence-electron chi connectivity index (χ0n) is 45.2. The molecule has 4 aliphatic carbocycles. The van der Waals surface area contributed by atoms with Gasteiger partial charge in [0, 0.05) is 54.3 Å². The lowest BCUT2D eigenvalue weighted by atomic mass is 9.77. The number of carbonyl (C=O) groups excluding carboxylic acids is 7. The number of ether oxygens (including phenoxy) is 4. The van der Waals surface area contributed by atoms with Crippen LogP contribution in [0.1, 0.15) is 97.0 Å². The number of carbonyl (C=O) groups is 7. The largest absolute Gasteiger partial charge is 0.459 e. The minimum Gasteiger partial charge on any atom is -0.459 e. The van der Waals surface area contributed by atoms with Crippen LogP contribution in [0.15, 0.2) is 169 Å². The maximum Gasteiger partial charge on any atom is 0.333 e. The molecular formula is C68H38F4O12S4. The molecule has 0 amide bonds. The highest BCUT2D eigenvalue weighted by Gasteiger charge is 2.65. The number of aliphatic hydroxyl groups excluding tert-OH is 1. The van der Waals surface area contributed by atoms with Gasteiger partial charge in [-0.1, -0.05) is 121 Å². The van der Waals surface area contributed by atoms with Gasteiger partial charge in [-0.15, -0.1) is 45.3 Å². The zero-order chi connectivity index (χ0) is 60.9. The minimum absolute atomic E-state index is 0.0340. The predicted octanol–water partition coefficient (Wildman–Crippen LogP) is 13.9. The molecule has 0 saturated carbocycles. The van der Waals surface area contributed by atoms with Gasteiger partial charge in [0.15, 0.2) is 40.6 Å². The van der Waals surface area contributed by atoms with Crippen molar-refractivity contribution in [2.75, 3.05) is 0 Å². The Bertz CT molecular complexity index is 4580. The molecule has 0 aliphatic heterocycles. The van der Waals surface area contributed by atoms with Crippen molar-refractivity contribution in [3.8, 4) is 19.5 Å². The van der Waals surface area contributed by atoms with Crippen LogP contribution in [0.3, 0.4) is 0 Å². The minimum atomic E-state index is -2.54. The summed E-state index contributed by atoms with van der Waals surface area (Å²) in [4.78, 5) is 107. The molecule has 1 atom stereocenters. The Kier molecular flexibility index (Phi) is 13.9. The summed E-state index contributed by atoms with van der Waals surface area (Å²) in [6.45, 7) is -1.34. The Hall–Kier alpha value is -9.57. The Balaban J connectivity index is 1.01. The van der Waals surface area contributed by atoms with Crippen molar-refractivity contribution in [1.82, 2.24) is 0 Å². The number of hydrogen-bond donors (Lipinski definition) is 1. The van der Waals surface area contributed by atoms with Crippen LogP contribution in [0.5, 0.6) is 0 Å². The molecule has 4 aliphatic rings. The molecule has 6 aromatic carbocycles. The number of halogens is 4. The molecule has 0 radical (unpaired) electrons. The van der Waals surface area contributed by atoms with Crippen LogP contribution >= 0.6 is 45.3 Å². The van der Waals surface area contributed by atoms with E-state index in [9.17, 15) is 37.1 Å². The lowest BCUT2D eigenvalue weighted by molar-refractivity contribution is -0.166. The molecule has 0 spiro atoms. The average molecular weight is 1250 g/mol. The second-order valence-electron chi connectivity index (χ2n) is 21.0. The zero-order valence-corrected chi connectivity index (χ0v) is 48.4. The van der Waals surface area contributed by atoms with Crippen molar-refractivity contribution in [3.05, 3.63) is 269 Å². The first kappa shape index (κ1) is 56.3. The quantitative estimate of drug-likeness (QED) is 0.0273. The molecule has 434 valence electrons. The Morgan fingerprint density at radius 1 is 0.432 bits per heavy atom. The third kappa shape index (κ3) is 8.79. The van der Waals surface area contributed by atoms with Crippen LogP contribution in [0.4, 0.5) is 17.6 Å². The Morgan fingerprint density at radius 3 is 1.15 bits per heavy atom. The van der Waals surface area contributed by atoms with Gasteiger partial charge in [0.2, 0.25) is 10.8 Å². The summed E-state index contributed by atoms with van der Waals surface area (Å²) in [6.07, 6.45) is 0.842. The maximum atomic E-state index is 15.9. The summed E-state index contributed by atoms with van der Waals surface area (Å²) in [5.41, 5.74) is -4.46. The van der Waals surface area contributed by atoms with Gasteiger partial charge in [-0.3, -0.25) is 33.6 Å². The average Bonchev–Trinajstić information content (AvgIpc) is 1.50. The maximum absolute atomic E-state index is 15.9. The van der Waals surface area contributed by atoms with E-state index in [1.165, 1.54) is 24.3 Å². The second-order valence-corrected chi connectivity index (χ2v) is 25.2. The van der Waals surface area contributed by atoms with E-state index in [1.807, 2.05) is 0 Å². The van der Waals surface area contributed by atoms with Crippen LogP contribution < -0.4 is 0 Å². The van der Waals surface area contributed by atoms with Crippen molar-refractivity contribution in [3.63, 3.8) is 0 Å². The SMILES string of the molecule is O=C1C(=Cc2cc3c(s2)-c2sc4c5c(sc4c2C3(C(=O)OCc2ccccc2)C(=O)OCc2ccccc2)-c2sc(/C=C3\C(=O)c4cc(F)c(F)cc4C3O)cc2C5(C(=O)OCc2ccccc2)C(=O)OCc2ccccc2)C(=O)c2cc(F)c(F)cc21. The molecular weight excluding hydrogens is 1210 g/mol. The van der Waals surface area contributed by atoms with Crippen molar-refractivity contribution >= 4 is 108 Å². The molecule has 1 N–H and O–H groups in total. The van der Waals surface area contributed by atoms with Crippen LogP contribution in [-0.2, 0) is 75.4 Å². The van der Waals surface area contributed by atoms with Gasteiger partial charge in [-0.25, -0.2) is 17.6 Å². The molecule has 4 aromatic heterocycles. The topological polar surface area (TPSA) is 177 Å². The van der Waals surface area contributed by atoms with E-state index in [2.05, 4.69) is 0 Å². The summed E-state index contributed by atoms with van der Waals surface area (Å²) >= 11 is 4.06. The van der Waals surface area contributed by atoms with Crippen molar-refractivity contribution in [2.24, 2.45) is 0 Å². The van der Waals surface area contributed by atoms with Crippen LogP contribution in [0.25, 0.3) is 41.1 Å². The molecule has 20 heteroatoms. The highest BCUT2D eigenvalue weighted by molar-refractivity contribution is 7.34. The molecule has 0 fully saturated rings. The fraction of sp³-hybridized carbons (Fsp3) is 0.103. The van der Waals surface area contributed by atoms with Gasteiger partial charge in [-0.2, -0.15) is 0 Å². The number of rotatable bonds is 14. The molecule has 10 aromatic rings. The van der Waals surface area contributed by atoms with Crippen LogP contribution in [0.2, 0.25) is 0 Å². The third-order valence-corrected chi connectivity index (χ3v) is 20.9. The standard InChI is InChI=1S/C68H38F4O12S4/c69-47-25-39-40(26-48(47)70)54(74)43(53(39)73)21-37-23-45-57(85-37)59-51(67(45,63(77)81-29-33-13-5-1-6-14-33)64(78)82-30-34-15-7-2-8-16-34)61-62(87-59)52-60(88-61)58-46(24-38(86-58)22-44-55(75)41-27-49(71)50(72)28-42(41)56(44)76)68(52,65(79)83-31-35-17-9-3-10-18-35)66(80)84-32-36-19-11-4-12-20-36/h1-28,53,73H,29-32H2/b43-21-. The smallest absolute Gasteiger partial charge is 0.333 e. The molecule has 1 unspecified atom stereocenters. The number of fused-ring (bicyclic) bond motifs is 11. The van der Waals surface area contributed by atoms with Crippen LogP contribution in [0, 0.1) is 23.3 Å². The first-order valence-electron chi connectivity index (χ1n) is 27.1. The summed E-state index contributed by atoms with van der Waals surface area (Å²) in [5.74, 6) is -12.2. The van der Waals surface area contributed by atoms with E-state index in [0.29, 0.717) is 50.2 Å². The van der Waals surface area contributed by atoms with E-state index in [0.717, 1.165) is 51.4 Å². The Morgan fingerprint density at radius 2 is 0.773 bits per heavy atom. The second kappa shape index (κ2) is 21.7. The first-order valence-corrected chi connectivity index (χ1v) is 30.3. The Labute approximate surface area is 511 Å². The highest BCUT2D eigenvalue weighted by atomic mass is 32.1. The number of hydrogen-bond acceptors (Lipinski definition) is 16. The molecule has 0 saturated heterocycles. The number of thiophene rings is 4. The van der Waals surface area contributed by atoms with Gasteiger partial charge < -0.3 is 24.1 Å². The van der Waals surface area contributed by atoms with E-state index < -0.39 is 87.0 Å². The van der Waals surface area contributed by atoms with E-state index in [4.69, 9.17) is 18.9 Å². The first-order chi connectivity index (χ1) is 42.6. The third-order valence-electron chi connectivity index (χ3n) is 15.9. The van der Waals surface area contributed by atoms with Gasteiger partial charge >= 0.3 is 23.9 Å². The summed E-state index contributed by atoms with van der Waals surface area (Å²) in [6, 6.07) is 40.4. The molecule has 12 nitrogen and oxygen atoms in total. The highest BCUT2D eigenvalue weighted by Crippen LogP contribution is 2.67. The van der Waals surface area contributed by atoms with Crippen molar-refractivity contribution in [1.29, 1.82) is 0 Å². The van der Waals surface area contributed by atoms with E-state index in [1.54, 1.807) is 121 Å². The number of allylic oxidation sites excluding steroid dienone is 1. The molecule has 88 heavy (non-hydrogen) atoms. The molecule has 14 rings (SSSR count). The predicted molar refractivity (Wildman–Crippen MR) is 319 cm³/mol. The van der Waals surface area contributed by atoms with E-state index >= 15 is 19.2 Å². The number of esters is 4. The van der Waals surface area contributed by atoms with E-state index in [-0.39, 0.29) is 105 Å². The number of Topliss-reactive ketones (excluding diaryl/α,β-unsaturated/α-hetero) is 3. The van der Waals surface area contributed by atoms with Gasteiger partial charge in [0.25, 0.3) is 0 Å². The fourth-order valence-corrected chi connectivity index (χ4v) is 17.5. The van der Waals surface area contributed by atoms with Gasteiger partial charge in [-0.05, 0) is 76.4 Å². The van der Waals surface area contributed by atoms with Crippen molar-refractivity contribution < 1.29 is 75.2 Å². The number of aliphatic hydroxyl groups is 1. The molecule has 0 bridgehead atoms. The lowest BCUT2D eigenvalue weighted by Gasteiger charge is -2.27. The normalized spacial score (nSPS) is 15.8.